The topological polar surface area (TPSA) is 0 Å². The third-order valence-corrected chi connectivity index (χ3v) is 11.4. The second-order valence-corrected chi connectivity index (χ2v) is 13.5. The van der Waals surface area contributed by atoms with Crippen LogP contribution in [0.5, 0.6) is 0 Å². The van der Waals surface area contributed by atoms with Crippen LogP contribution in [-0.2, 0) is 17.1 Å². The Hall–Kier alpha value is -3.01. The maximum absolute atomic E-state index is 2.24. The minimum Gasteiger partial charge on any atom is -0.147 e. The fraction of sp³-hybridized carbons (Fsp3) is 0. The van der Waals surface area contributed by atoms with Crippen molar-refractivity contribution in [1.82, 2.24) is 0 Å². The summed E-state index contributed by atoms with van der Waals surface area (Å²) in [5.41, 5.74) is 0. The molecule has 0 aliphatic heterocycles. The fourth-order valence-corrected chi connectivity index (χ4v) is 9.38. The number of halogens is 1. The first kappa shape index (κ1) is 31.5. The van der Waals surface area contributed by atoms with Crippen molar-refractivity contribution in [1.29, 1.82) is 0 Å². The molecule has 0 saturated heterocycles. The first-order valence-corrected chi connectivity index (χ1v) is 15.7. The molecule has 4 heteroatoms. The van der Waals surface area contributed by atoms with Crippen LogP contribution in [0.3, 0.4) is 0 Å². The van der Waals surface area contributed by atoms with Crippen LogP contribution in [0.25, 0.3) is 0 Å². The Morgan fingerprint density at radius 1 is 0.325 bits per heavy atom. The van der Waals surface area contributed by atoms with Crippen LogP contribution >= 0.6 is 28.3 Å². The molecular formula is C36H34ClFeP2+. The minimum absolute atomic E-state index is 0. The van der Waals surface area contributed by atoms with Gasteiger partial charge in [-0.2, -0.15) is 0 Å². The van der Waals surface area contributed by atoms with Gasteiger partial charge in [-0.25, -0.2) is 0 Å². The molecule has 0 aliphatic carbocycles. The van der Waals surface area contributed by atoms with Crippen LogP contribution in [0, 0.1) is 0 Å². The summed E-state index contributed by atoms with van der Waals surface area (Å²) in [6.07, 6.45) is 0. The molecule has 0 radical (unpaired) electrons. The predicted molar refractivity (Wildman–Crippen MR) is 181 cm³/mol. The zero-order valence-electron chi connectivity index (χ0n) is 22.0. The Morgan fingerprint density at radius 3 is 0.750 bits per heavy atom. The van der Waals surface area contributed by atoms with Gasteiger partial charge in [0.2, 0.25) is 0 Å². The van der Waals surface area contributed by atoms with Crippen molar-refractivity contribution in [2.75, 3.05) is 0 Å². The van der Waals surface area contributed by atoms with Crippen molar-refractivity contribution < 1.29 is 18.5 Å². The summed E-state index contributed by atoms with van der Waals surface area (Å²) in [5.74, 6) is 0. The molecule has 0 saturated carbocycles. The van der Waals surface area contributed by atoms with Crippen LogP contribution in [0.1, 0.15) is 1.43 Å². The van der Waals surface area contributed by atoms with Crippen LogP contribution in [-0.4, -0.2) is 0 Å². The van der Waals surface area contributed by atoms with Gasteiger partial charge < -0.3 is 0 Å². The second kappa shape index (κ2) is 16.9. The van der Waals surface area contributed by atoms with Gasteiger partial charge in [0, 0.05) is 18.5 Å². The third-order valence-electron chi connectivity index (χ3n) is 6.23. The third kappa shape index (κ3) is 8.49. The van der Waals surface area contributed by atoms with E-state index in [1.807, 2.05) is 0 Å². The van der Waals surface area contributed by atoms with Gasteiger partial charge in [-0.3, -0.25) is 0 Å². The van der Waals surface area contributed by atoms with Crippen LogP contribution in [0.15, 0.2) is 182 Å². The normalized spacial score (nSPS) is 10.1. The average Bonchev–Trinajstić information content (AvgIpc) is 3.01. The van der Waals surface area contributed by atoms with Crippen molar-refractivity contribution in [3.05, 3.63) is 182 Å². The first-order chi connectivity index (χ1) is 18.9. The van der Waals surface area contributed by atoms with Gasteiger partial charge >= 0.3 is 0 Å². The van der Waals surface area contributed by atoms with Gasteiger partial charge in [0.1, 0.15) is 15.9 Å². The quantitative estimate of drug-likeness (QED) is 0.136. The molecule has 0 bridgehead atoms. The number of benzene rings is 6. The summed E-state index contributed by atoms with van der Waals surface area (Å²) < 4.78 is 0. The van der Waals surface area contributed by atoms with Gasteiger partial charge in [0.15, 0.2) is 0 Å². The molecule has 40 heavy (non-hydrogen) atoms. The van der Waals surface area contributed by atoms with Crippen molar-refractivity contribution in [2.45, 2.75) is 0 Å². The molecule has 6 aromatic carbocycles. The van der Waals surface area contributed by atoms with Gasteiger partial charge in [-0.15, -0.1) is 12.4 Å². The van der Waals surface area contributed by atoms with Crippen LogP contribution in [0.4, 0.5) is 0 Å². The Labute approximate surface area is 259 Å². The maximum Gasteiger partial charge on any atom is 0.102 e. The smallest absolute Gasteiger partial charge is 0.102 e. The molecule has 0 heterocycles. The van der Waals surface area contributed by atoms with Crippen molar-refractivity contribution in [3.8, 4) is 0 Å². The van der Waals surface area contributed by atoms with E-state index in [4.69, 9.17) is 0 Å². The largest absolute Gasteiger partial charge is 0.147 e. The van der Waals surface area contributed by atoms with Crippen molar-refractivity contribution >= 4 is 60.1 Å². The van der Waals surface area contributed by atoms with Gasteiger partial charge in [-0.05, 0) is 60.2 Å². The summed E-state index contributed by atoms with van der Waals surface area (Å²) in [5, 5.41) is 8.50. The summed E-state index contributed by atoms with van der Waals surface area (Å²) in [6, 6.07) is 64.8. The number of hydrogen-bond acceptors (Lipinski definition) is 0. The number of hydrogen-bond donors (Lipinski definition) is 0. The molecule has 6 aromatic rings. The molecule has 202 valence electrons. The molecule has 6 rings (SSSR count). The molecule has 0 aromatic heterocycles. The van der Waals surface area contributed by atoms with E-state index in [0.717, 1.165) is 0 Å². The zero-order valence-corrected chi connectivity index (χ0v) is 25.8. The molecular weight excluding hydrogens is 586 g/mol. The van der Waals surface area contributed by atoms with E-state index >= 15 is 0 Å². The Balaban J connectivity index is 0.000000267. The molecule has 0 unspecified atom stereocenters. The Kier molecular flexibility index (Phi) is 13.4. The molecule has 0 aliphatic rings. The molecule has 0 N–H and O–H groups in total. The standard InChI is InChI=1S/2C18H15P.ClH.Fe.H2/c2*1-4-10-16(11-5-1)19(17-12-6-2-7-13-17)18-14-8-3-9-15-18;;;/h2*1-15H;1H;;1H/p+1. The van der Waals surface area contributed by atoms with Gasteiger partial charge in [0.25, 0.3) is 0 Å². The Bertz CT molecular complexity index is 1190. The summed E-state index contributed by atoms with van der Waals surface area (Å²) in [4.78, 5) is 0. The van der Waals surface area contributed by atoms with Gasteiger partial charge in [0.05, 0.1) is 7.92 Å². The van der Waals surface area contributed by atoms with E-state index in [0.29, 0.717) is 0 Å². The molecule has 0 atom stereocenters. The second-order valence-electron chi connectivity index (χ2n) is 8.82. The fourth-order valence-electron chi connectivity index (χ4n) is 4.49. The SMILES string of the molecule is Cl.[Fe].[HH].c1ccc(P(c2ccccc2)c2ccccc2)cc1.c1ccc([PH+](c2ccccc2)c2ccccc2)cc1. The molecule has 0 fully saturated rings. The van der Waals surface area contributed by atoms with E-state index in [1.165, 1.54) is 31.8 Å². The Morgan fingerprint density at radius 2 is 0.525 bits per heavy atom. The minimum atomic E-state index is -0.877. The van der Waals surface area contributed by atoms with Crippen molar-refractivity contribution in [3.63, 3.8) is 0 Å². The molecule has 0 spiro atoms. The van der Waals surface area contributed by atoms with Crippen molar-refractivity contribution in [2.24, 2.45) is 0 Å². The van der Waals surface area contributed by atoms with E-state index < -0.39 is 15.8 Å². The summed E-state index contributed by atoms with van der Waals surface area (Å²) >= 11 is 0. The van der Waals surface area contributed by atoms with E-state index in [-0.39, 0.29) is 30.9 Å². The first-order valence-electron chi connectivity index (χ1n) is 12.9. The number of rotatable bonds is 6. The van der Waals surface area contributed by atoms with E-state index in [1.54, 1.807) is 0 Å². The zero-order chi connectivity index (χ0) is 25.8. The summed E-state index contributed by atoms with van der Waals surface area (Å²) in [7, 11) is -1.32. The molecule has 0 nitrogen and oxygen atoms in total. The maximum atomic E-state index is 2.24. The summed E-state index contributed by atoms with van der Waals surface area (Å²) in [6.45, 7) is 0. The predicted octanol–water partition coefficient (Wildman–Crippen LogP) is 7.29. The monoisotopic (exact) mass is 619 g/mol. The van der Waals surface area contributed by atoms with Crippen LogP contribution < -0.4 is 31.8 Å². The molecule has 0 amide bonds. The van der Waals surface area contributed by atoms with E-state index in [2.05, 4.69) is 182 Å². The van der Waals surface area contributed by atoms with Gasteiger partial charge in [-0.1, -0.05) is 146 Å². The van der Waals surface area contributed by atoms with Crippen LogP contribution in [0.2, 0.25) is 0 Å². The van der Waals surface area contributed by atoms with E-state index in [9.17, 15) is 0 Å². The average molecular weight is 620 g/mol.